The first-order valence-corrected chi connectivity index (χ1v) is 9.28. The van der Waals surface area contributed by atoms with E-state index < -0.39 is 0 Å². The van der Waals surface area contributed by atoms with Crippen molar-refractivity contribution in [3.05, 3.63) is 65.2 Å². The molecule has 6 heteroatoms. The van der Waals surface area contributed by atoms with Crippen LogP contribution in [0.5, 0.6) is 0 Å². The van der Waals surface area contributed by atoms with Crippen LogP contribution in [0.2, 0.25) is 0 Å². The standard InChI is InChI=1S/C18H17N3OS2/c1-13-2-4-14(5-3-13)6-11-17(22)20-15-7-9-16(10-8-15)24-18-21-19-12-23-18/h2-5,7-10,12H,6,11H2,1H3,(H,20,22). The number of aromatic nitrogens is 2. The van der Waals surface area contributed by atoms with Crippen LogP contribution in [0.3, 0.4) is 0 Å². The SMILES string of the molecule is Cc1ccc(CCC(=O)Nc2ccc(Sc3nncs3)cc2)cc1. The number of benzene rings is 2. The molecule has 0 fully saturated rings. The van der Waals surface area contributed by atoms with Gasteiger partial charge in [0.15, 0.2) is 4.34 Å². The van der Waals surface area contributed by atoms with Crippen LogP contribution in [0, 0.1) is 6.92 Å². The van der Waals surface area contributed by atoms with Gasteiger partial charge in [0.05, 0.1) is 0 Å². The van der Waals surface area contributed by atoms with E-state index in [9.17, 15) is 4.79 Å². The normalized spacial score (nSPS) is 10.5. The summed E-state index contributed by atoms with van der Waals surface area (Å²) in [6, 6.07) is 16.1. The predicted octanol–water partition coefficient (Wildman–Crippen LogP) is 4.57. The van der Waals surface area contributed by atoms with E-state index in [1.54, 1.807) is 17.3 Å². The average Bonchev–Trinajstić information content (AvgIpc) is 3.09. The fourth-order valence-corrected chi connectivity index (χ4v) is 3.60. The maximum Gasteiger partial charge on any atom is 0.224 e. The van der Waals surface area contributed by atoms with E-state index in [1.165, 1.54) is 22.5 Å². The topological polar surface area (TPSA) is 54.9 Å². The Labute approximate surface area is 149 Å². The van der Waals surface area contributed by atoms with Crippen molar-refractivity contribution in [3.8, 4) is 0 Å². The molecule has 3 aromatic rings. The molecule has 0 spiro atoms. The minimum Gasteiger partial charge on any atom is -0.326 e. The molecule has 24 heavy (non-hydrogen) atoms. The summed E-state index contributed by atoms with van der Waals surface area (Å²) in [6.45, 7) is 2.06. The first-order valence-electron chi connectivity index (χ1n) is 7.58. The van der Waals surface area contributed by atoms with Crippen molar-refractivity contribution >= 4 is 34.7 Å². The number of anilines is 1. The second-order valence-corrected chi connectivity index (χ2v) is 7.52. The summed E-state index contributed by atoms with van der Waals surface area (Å²) < 4.78 is 0.907. The highest BCUT2D eigenvalue weighted by Gasteiger charge is 2.05. The average molecular weight is 355 g/mol. The minimum atomic E-state index is 0.0279. The van der Waals surface area contributed by atoms with Gasteiger partial charge in [0, 0.05) is 17.0 Å². The van der Waals surface area contributed by atoms with Crippen LogP contribution in [0.15, 0.2) is 63.3 Å². The van der Waals surface area contributed by atoms with Crippen molar-refractivity contribution in [1.29, 1.82) is 0 Å². The van der Waals surface area contributed by atoms with Gasteiger partial charge >= 0.3 is 0 Å². The summed E-state index contributed by atoms with van der Waals surface area (Å²) in [6.07, 6.45) is 1.22. The summed E-state index contributed by atoms with van der Waals surface area (Å²) in [4.78, 5) is 13.1. The maximum atomic E-state index is 12.1. The fraction of sp³-hybridized carbons (Fsp3) is 0.167. The molecule has 0 aliphatic heterocycles. The molecule has 1 amide bonds. The highest BCUT2D eigenvalue weighted by molar-refractivity contribution is 8.01. The molecule has 2 aromatic carbocycles. The summed E-state index contributed by atoms with van der Waals surface area (Å²) in [5.74, 6) is 0.0279. The molecule has 0 radical (unpaired) electrons. The zero-order chi connectivity index (χ0) is 16.8. The Kier molecular flexibility index (Phi) is 5.61. The largest absolute Gasteiger partial charge is 0.326 e. The van der Waals surface area contributed by atoms with Crippen LogP contribution in [-0.4, -0.2) is 16.1 Å². The van der Waals surface area contributed by atoms with Gasteiger partial charge in [-0.25, -0.2) is 0 Å². The van der Waals surface area contributed by atoms with E-state index in [-0.39, 0.29) is 5.91 Å². The molecule has 1 aromatic heterocycles. The summed E-state index contributed by atoms with van der Waals surface area (Å²) >= 11 is 3.07. The van der Waals surface area contributed by atoms with Gasteiger partial charge in [0.2, 0.25) is 5.91 Å². The van der Waals surface area contributed by atoms with Gasteiger partial charge in [-0.1, -0.05) is 52.9 Å². The van der Waals surface area contributed by atoms with Gasteiger partial charge in [-0.2, -0.15) is 0 Å². The number of carbonyl (C=O) groups excluding carboxylic acids is 1. The fourth-order valence-electron chi connectivity index (χ4n) is 2.15. The van der Waals surface area contributed by atoms with Crippen molar-refractivity contribution in [2.24, 2.45) is 0 Å². The first-order chi connectivity index (χ1) is 11.7. The predicted molar refractivity (Wildman–Crippen MR) is 98.6 cm³/mol. The van der Waals surface area contributed by atoms with Gasteiger partial charge in [-0.05, 0) is 43.2 Å². The molecule has 0 unspecified atom stereocenters. The van der Waals surface area contributed by atoms with Crippen LogP contribution < -0.4 is 5.32 Å². The highest BCUT2D eigenvalue weighted by atomic mass is 32.2. The zero-order valence-electron chi connectivity index (χ0n) is 13.2. The van der Waals surface area contributed by atoms with E-state index in [0.29, 0.717) is 6.42 Å². The Morgan fingerprint density at radius 1 is 1.12 bits per heavy atom. The Morgan fingerprint density at radius 3 is 2.54 bits per heavy atom. The second-order valence-electron chi connectivity index (χ2n) is 5.36. The molecule has 1 N–H and O–H groups in total. The number of hydrogen-bond donors (Lipinski definition) is 1. The number of amides is 1. The van der Waals surface area contributed by atoms with Gasteiger partial charge in [0.25, 0.3) is 0 Å². The quantitative estimate of drug-likeness (QED) is 0.704. The minimum absolute atomic E-state index is 0.0279. The Morgan fingerprint density at radius 2 is 1.88 bits per heavy atom. The lowest BCUT2D eigenvalue weighted by atomic mass is 10.1. The van der Waals surface area contributed by atoms with E-state index in [1.807, 2.05) is 24.3 Å². The Bertz CT molecular complexity index is 784. The molecular formula is C18H17N3OS2. The van der Waals surface area contributed by atoms with Crippen molar-refractivity contribution < 1.29 is 4.79 Å². The number of rotatable bonds is 6. The third kappa shape index (κ3) is 4.91. The molecule has 3 rings (SSSR count). The summed E-state index contributed by atoms with van der Waals surface area (Å²) in [5, 5.41) is 10.8. The third-order valence-corrected chi connectivity index (χ3v) is 5.23. The monoisotopic (exact) mass is 355 g/mol. The molecule has 0 saturated heterocycles. The van der Waals surface area contributed by atoms with Gasteiger partial charge in [0.1, 0.15) is 5.51 Å². The van der Waals surface area contributed by atoms with Gasteiger partial charge < -0.3 is 5.32 Å². The van der Waals surface area contributed by atoms with E-state index in [4.69, 9.17) is 0 Å². The number of hydrogen-bond acceptors (Lipinski definition) is 5. The van der Waals surface area contributed by atoms with Crippen molar-refractivity contribution in [1.82, 2.24) is 10.2 Å². The van der Waals surface area contributed by atoms with E-state index in [2.05, 4.69) is 46.7 Å². The smallest absolute Gasteiger partial charge is 0.224 e. The van der Waals surface area contributed by atoms with Crippen LogP contribution >= 0.6 is 23.1 Å². The van der Waals surface area contributed by atoms with Crippen LogP contribution in [-0.2, 0) is 11.2 Å². The number of nitrogens with zero attached hydrogens (tertiary/aromatic N) is 2. The van der Waals surface area contributed by atoms with Gasteiger partial charge in [-0.15, -0.1) is 10.2 Å². The summed E-state index contributed by atoms with van der Waals surface area (Å²) in [5.41, 5.74) is 4.94. The van der Waals surface area contributed by atoms with Crippen LogP contribution in [0.1, 0.15) is 17.5 Å². The number of aryl methyl sites for hydroxylation is 2. The number of nitrogens with one attached hydrogen (secondary N) is 1. The molecule has 0 bridgehead atoms. The molecule has 122 valence electrons. The van der Waals surface area contributed by atoms with Crippen molar-refractivity contribution in [2.75, 3.05) is 5.32 Å². The lowest BCUT2D eigenvalue weighted by Gasteiger charge is -2.06. The second kappa shape index (κ2) is 8.08. The highest BCUT2D eigenvalue weighted by Crippen LogP contribution is 2.29. The lowest BCUT2D eigenvalue weighted by molar-refractivity contribution is -0.116. The van der Waals surface area contributed by atoms with Crippen LogP contribution in [0.4, 0.5) is 5.69 Å². The zero-order valence-corrected chi connectivity index (χ0v) is 14.9. The maximum absolute atomic E-state index is 12.1. The van der Waals surface area contributed by atoms with E-state index in [0.717, 1.165) is 21.3 Å². The molecular weight excluding hydrogens is 338 g/mol. The Balaban J connectivity index is 1.49. The number of carbonyl (C=O) groups is 1. The van der Waals surface area contributed by atoms with Crippen molar-refractivity contribution in [3.63, 3.8) is 0 Å². The van der Waals surface area contributed by atoms with Gasteiger partial charge in [-0.3, -0.25) is 4.79 Å². The van der Waals surface area contributed by atoms with E-state index >= 15 is 0 Å². The first kappa shape index (κ1) is 16.7. The Hall–Kier alpha value is -2.18. The molecule has 0 saturated carbocycles. The summed E-state index contributed by atoms with van der Waals surface area (Å²) in [7, 11) is 0. The third-order valence-electron chi connectivity index (χ3n) is 3.44. The molecule has 4 nitrogen and oxygen atoms in total. The van der Waals surface area contributed by atoms with Crippen molar-refractivity contribution in [2.45, 2.75) is 29.0 Å². The van der Waals surface area contributed by atoms with Crippen LogP contribution in [0.25, 0.3) is 0 Å². The lowest BCUT2D eigenvalue weighted by Crippen LogP contribution is -2.12. The molecule has 1 heterocycles. The molecule has 0 aliphatic carbocycles. The molecule has 0 atom stereocenters. The molecule has 0 aliphatic rings.